The lowest BCUT2D eigenvalue weighted by molar-refractivity contribution is 1.17. The Kier molecular flexibility index (Phi) is 7.82. The smallest absolute Gasteiger partial charge is 0.161 e. The zero-order chi connectivity index (χ0) is 39.6. The summed E-state index contributed by atoms with van der Waals surface area (Å²) in [6.07, 6.45) is 0. The van der Waals surface area contributed by atoms with Gasteiger partial charge in [-0.1, -0.05) is 164 Å². The van der Waals surface area contributed by atoms with Crippen molar-refractivity contribution in [2.75, 3.05) is 0 Å². The molecule has 0 fully saturated rings. The Bertz CT molecular complexity index is 3570. The van der Waals surface area contributed by atoms with Gasteiger partial charge in [0.2, 0.25) is 0 Å². The van der Waals surface area contributed by atoms with Gasteiger partial charge in [0.1, 0.15) is 0 Å². The lowest BCUT2D eigenvalue weighted by Gasteiger charge is -2.14. The van der Waals surface area contributed by atoms with Crippen molar-refractivity contribution in [3.8, 4) is 56.4 Å². The molecule has 4 nitrogen and oxygen atoms in total. The van der Waals surface area contributed by atoms with Gasteiger partial charge in [-0.25, -0.2) is 9.97 Å². The molecule has 0 amide bonds. The van der Waals surface area contributed by atoms with Gasteiger partial charge in [-0.15, -0.1) is 0 Å². The van der Waals surface area contributed by atoms with Crippen LogP contribution in [0.1, 0.15) is 0 Å². The van der Waals surface area contributed by atoms with E-state index in [4.69, 9.17) is 9.97 Å². The zero-order valence-corrected chi connectivity index (χ0v) is 32.6. The van der Waals surface area contributed by atoms with Crippen LogP contribution >= 0.6 is 0 Å². The second-order valence-corrected chi connectivity index (χ2v) is 15.4. The molecule has 0 aliphatic heterocycles. The summed E-state index contributed by atoms with van der Waals surface area (Å²) in [6.45, 7) is 0. The molecule has 12 rings (SSSR count). The third-order valence-electron chi connectivity index (χ3n) is 11.9. The summed E-state index contributed by atoms with van der Waals surface area (Å²) in [5.74, 6) is 0.693. The number of hydrogen-bond acceptors (Lipinski definition) is 2. The molecule has 0 radical (unpaired) electrons. The highest BCUT2D eigenvalue weighted by Gasteiger charge is 2.21. The van der Waals surface area contributed by atoms with Gasteiger partial charge in [-0.2, -0.15) is 0 Å². The minimum Gasteiger partial charge on any atom is -0.309 e. The van der Waals surface area contributed by atoms with E-state index in [0.29, 0.717) is 5.82 Å². The Labute approximate surface area is 346 Å². The maximum atomic E-state index is 5.31. The third kappa shape index (κ3) is 5.46. The van der Waals surface area contributed by atoms with Crippen LogP contribution in [0.15, 0.2) is 218 Å². The van der Waals surface area contributed by atoms with Crippen LogP contribution in [0.2, 0.25) is 0 Å². The van der Waals surface area contributed by atoms with Crippen LogP contribution in [-0.4, -0.2) is 19.1 Å². The van der Waals surface area contributed by atoms with Gasteiger partial charge in [0.15, 0.2) is 5.82 Å². The lowest BCUT2D eigenvalue weighted by atomic mass is 10.0. The average Bonchev–Trinajstić information content (AvgIpc) is 3.85. The van der Waals surface area contributed by atoms with Gasteiger partial charge in [-0.3, -0.25) is 0 Å². The van der Waals surface area contributed by atoms with E-state index in [9.17, 15) is 0 Å². The first kappa shape index (κ1) is 34.0. The van der Waals surface area contributed by atoms with Crippen LogP contribution in [0.3, 0.4) is 0 Å². The Hall–Kier alpha value is -8.08. The van der Waals surface area contributed by atoms with Crippen LogP contribution in [0.25, 0.3) is 111 Å². The Balaban J connectivity index is 1.06. The quantitative estimate of drug-likeness (QED) is 0.169. The minimum absolute atomic E-state index is 0.693. The first-order valence-electron chi connectivity index (χ1n) is 20.4. The second-order valence-electron chi connectivity index (χ2n) is 15.4. The lowest BCUT2D eigenvalue weighted by Crippen LogP contribution is -1.98. The molecule has 4 heteroatoms. The molecule has 0 unspecified atom stereocenters. The number of para-hydroxylation sites is 3. The summed E-state index contributed by atoms with van der Waals surface area (Å²) in [4.78, 5) is 10.6. The van der Waals surface area contributed by atoms with Crippen LogP contribution in [0.4, 0.5) is 0 Å². The second kappa shape index (κ2) is 13.8. The van der Waals surface area contributed by atoms with Crippen molar-refractivity contribution in [1.82, 2.24) is 19.1 Å². The van der Waals surface area contributed by atoms with Crippen LogP contribution < -0.4 is 0 Å². The molecule has 12 aromatic rings. The molecule has 0 aliphatic carbocycles. The zero-order valence-electron chi connectivity index (χ0n) is 32.6. The summed E-state index contributed by atoms with van der Waals surface area (Å²) in [5, 5.41) is 7.21. The molecule has 9 aromatic carbocycles. The molecule has 0 N–H and O–H groups in total. The van der Waals surface area contributed by atoms with Crippen LogP contribution in [0, 0.1) is 0 Å². The molecule has 0 bridgehead atoms. The predicted octanol–water partition coefficient (Wildman–Crippen LogP) is 14.5. The predicted molar refractivity (Wildman–Crippen MR) is 250 cm³/mol. The summed E-state index contributed by atoms with van der Waals surface area (Å²) >= 11 is 0. The Morgan fingerprint density at radius 2 is 0.800 bits per heavy atom. The van der Waals surface area contributed by atoms with Gasteiger partial charge >= 0.3 is 0 Å². The maximum absolute atomic E-state index is 5.31. The highest BCUT2D eigenvalue weighted by Crippen LogP contribution is 2.43. The van der Waals surface area contributed by atoms with Gasteiger partial charge in [0.05, 0.1) is 33.5 Å². The van der Waals surface area contributed by atoms with E-state index in [-0.39, 0.29) is 0 Å². The molecule has 0 aliphatic rings. The number of fused-ring (bicyclic) bond motifs is 8. The SMILES string of the molecule is c1ccc(-c2ccc(-c3cc(-c4ccccc4)nc(-c4cccc5ccc(-n6c7ccccc7c7c8c9ccccc9n(-c9ccccc9)c8ccc76)cc45)n3)cc2)cc1. The fourth-order valence-electron chi connectivity index (χ4n) is 9.18. The van der Waals surface area contributed by atoms with Gasteiger partial charge < -0.3 is 9.13 Å². The maximum Gasteiger partial charge on any atom is 0.161 e. The van der Waals surface area contributed by atoms with Crippen molar-refractivity contribution in [1.29, 1.82) is 0 Å². The molecule has 60 heavy (non-hydrogen) atoms. The van der Waals surface area contributed by atoms with Crippen molar-refractivity contribution in [2.24, 2.45) is 0 Å². The van der Waals surface area contributed by atoms with Crippen molar-refractivity contribution >= 4 is 54.4 Å². The van der Waals surface area contributed by atoms with Gasteiger partial charge in [-0.05, 0) is 76.5 Å². The van der Waals surface area contributed by atoms with Crippen LogP contribution in [-0.2, 0) is 0 Å². The number of benzene rings is 9. The average molecular weight is 765 g/mol. The van der Waals surface area contributed by atoms with E-state index in [2.05, 4.69) is 221 Å². The summed E-state index contributed by atoms with van der Waals surface area (Å²) < 4.78 is 4.82. The summed E-state index contributed by atoms with van der Waals surface area (Å²) in [6, 6.07) is 77.8. The number of hydrogen-bond donors (Lipinski definition) is 0. The highest BCUT2D eigenvalue weighted by atomic mass is 15.0. The van der Waals surface area contributed by atoms with E-state index in [0.717, 1.165) is 55.7 Å². The van der Waals surface area contributed by atoms with E-state index in [1.165, 1.54) is 49.2 Å². The van der Waals surface area contributed by atoms with Crippen molar-refractivity contribution < 1.29 is 0 Å². The highest BCUT2D eigenvalue weighted by molar-refractivity contribution is 6.29. The van der Waals surface area contributed by atoms with Gasteiger partial charge in [0, 0.05) is 49.6 Å². The molecule has 0 spiro atoms. The summed E-state index contributed by atoms with van der Waals surface area (Å²) in [7, 11) is 0. The molecular weight excluding hydrogens is 729 g/mol. The Morgan fingerprint density at radius 1 is 0.300 bits per heavy atom. The standard InChI is InChI=1S/C56H36N4/c1-4-15-37(16-5-1)38-27-29-41(30-28-38)49-36-48(40-17-6-2-7-18-40)57-56(58-49)44-24-14-19-39-31-32-43(35-47(39)44)60-51-26-13-11-23-46(51)55-53(60)34-33-52-54(55)45-22-10-12-25-50(45)59(52)42-20-8-3-9-21-42/h1-36H. The van der Waals surface area contributed by atoms with E-state index in [1.54, 1.807) is 0 Å². The molecule has 0 atom stereocenters. The van der Waals surface area contributed by atoms with Crippen molar-refractivity contribution in [3.05, 3.63) is 218 Å². The fraction of sp³-hybridized carbons (Fsp3) is 0. The van der Waals surface area contributed by atoms with Crippen molar-refractivity contribution in [3.63, 3.8) is 0 Å². The van der Waals surface area contributed by atoms with Gasteiger partial charge in [0.25, 0.3) is 0 Å². The monoisotopic (exact) mass is 764 g/mol. The van der Waals surface area contributed by atoms with Crippen molar-refractivity contribution in [2.45, 2.75) is 0 Å². The topological polar surface area (TPSA) is 35.6 Å². The normalized spacial score (nSPS) is 11.7. The third-order valence-corrected chi connectivity index (χ3v) is 11.9. The Morgan fingerprint density at radius 3 is 1.43 bits per heavy atom. The summed E-state index contributed by atoms with van der Waals surface area (Å²) in [5.41, 5.74) is 14.2. The first-order chi connectivity index (χ1) is 29.8. The molecule has 3 heterocycles. The molecule has 280 valence electrons. The fourth-order valence-corrected chi connectivity index (χ4v) is 9.18. The molecule has 3 aromatic heterocycles. The van der Waals surface area contributed by atoms with E-state index < -0.39 is 0 Å². The molecular formula is C56H36N4. The number of rotatable bonds is 6. The largest absolute Gasteiger partial charge is 0.309 e. The molecule has 0 saturated carbocycles. The number of nitrogens with zero attached hydrogens (tertiary/aromatic N) is 4. The molecule has 0 saturated heterocycles. The minimum atomic E-state index is 0.693. The van der Waals surface area contributed by atoms with Crippen LogP contribution in [0.5, 0.6) is 0 Å². The first-order valence-corrected chi connectivity index (χ1v) is 20.4. The number of aromatic nitrogens is 4. The van der Waals surface area contributed by atoms with E-state index in [1.807, 2.05) is 6.07 Å². The van der Waals surface area contributed by atoms with E-state index >= 15 is 0 Å².